The summed E-state index contributed by atoms with van der Waals surface area (Å²) >= 11 is 0. The van der Waals surface area contributed by atoms with E-state index in [2.05, 4.69) is 34.1 Å². The van der Waals surface area contributed by atoms with Crippen molar-refractivity contribution in [2.75, 3.05) is 6.54 Å². The lowest BCUT2D eigenvalue weighted by Crippen LogP contribution is -2.55. The lowest BCUT2D eigenvalue weighted by Gasteiger charge is -2.35. The lowest BCUT2D eigenvalue weighted by atomic mass is 9.85. The normalized spacial score (nSPS) is 17.1. The zero-order valence-electron chi connectivity index (χ0n) is 23.3. The third-order valence-electron chi connectivity index (χ3n) is 7.04. The molecule has 3 N–H and O–H groups in total. The van der Waals surface area contributed by atoms with E-state index in [0.29, 0.717) is 17.7 Å². The molecule has 1 saturated heterocycles. The van der Waals surface area contributed by atoms with Crippen molar-refractivity contribution >= 4 is 25.2 Å². The number of aryl methyl sites for hydroxylation is 1. The maximum Gasteiger partial charge on any atom is 0.524 e. The van der Waals surface area contributed by atoms with E-state index in [4.69, 9.17) is 9.79 Å². The molecule has 1 aliphatic heterocycles. The van der Waals surface area contributed by atoms with E-state index in [1.807, 2.05) is 31.7 Å². The van der Waals surface area contributed by atoms with Crippen LogP contribution in [-0.4, -0.2) is 45.1 Å². The van der Waals surface area contributed by atoms with E-state index in [9.17, 15) is 14.2 Å². The second-order valence-electron chi connectivity index (χ2n) is 11.3. The number of phosphoric ester groups is 1. The van der Waals surface area contributed by atoms with Gasteiger partial charge in [-0.25, -0.2) is 4.57 Å². The van der Waals surface area contributed by atoms with Crippen molar-refractivity contribution in [3.05, 3.63) is 71.8 Å². The number of allylic oxidation sites excluding steroid dienone is 1. The number of nitrogens with one attached hydrogen (secondary N) is 1. The smallest absolute Gasteiger partial charge is 0.404 e. The molecule has 0 saturated carbocycles. The third-order valence-corrected chi connectivity index (χ3v) is 7.49. The number of amides is 2. The fraction of sp³-hybridized carbons (Fsp3) is 0.467. The Labute approximate surface area is 231 Å². The molecule has 9 heteroatoms. The summed E-state index contributed by atoms with van der Waals surface area (Å²) in [7, 11) is -4.64. The molecule has 2 aromatic carbocycles. The van der Waals surface area contributed by atoms with E-state index in [0.717, 1.165) is 38.5 Å². The van der Waals surface area contributed by atoms with Crippen LogP contribution in [0.1, 0.15) is 70.9 Å². The Morgan fingerprint density at radius 3 is 2.38 bits per heavy atom. The number of carbonyl (C=O) groups excluding carboxylic acids is 2. The van der Waals surface area contributed by atoms with Crippen LogP contribution in [-0.2, 0) is 20.6 Å². The number of phosphoric acid groups is 1. The average Bonchev–Trinajstić information content (AvgIpc) is 3.33. The van der Waals surface area contributed by atoms with Crippen molar-refractivity contribution in [3.8, 4) is 5.75 Å². The molecule has 2 atom stereocenters. The van der Waals surface area contributed by atoms with Crippen molar-refractivity contribution in [2.24, 2.45) is 5.41 Å². The summed E-state index contributed by atoms with van der Waals surface area (Å²) in [4.78, 5) is 46.6. The first-order valence-corrected chi connectivity index (χ1v) is 15.1. The molecule has 0 unspecified atom stereocenters. The van der Waals surface area contributed by atoms with Crippen molar-refractivity contribution in [1.82, 2.24) is 10.2 Å². The Kier molecular flexibility index (Phi) is 10.5. The fourth-order valence-electron chi connectivity index (χ4n) is 4.97. The van der Waals surface area contributed by atoms with Gasteiger partial charge in [-0.1, -0.05) is 69.7 Å². The molecular formula is C30H41N2O6P. The number of unbranched alkanes of at least 4 members (excludes halogenated alkanes) is 1. The lowest BCUT2D eigenvalue weighted by molar-refractivity contribution is -0.139. The number of benzene rings is 2. The number of hydrogen-bond donors (Lipinski definition) is 3. The van der Waals surface area contributed by atoms with Gasteiger partial charge in [0.05, 0.1) is 0 Å². The monoisotopic (exact) mass is 556 g/mol. The summed E-state index contributed by atoms with van der Waals surface area (Å²) in [5, 5.41) is 2.95. The minimum Gasteiger partial charge on any atom is -0.404 e. The highest BCUT2D eigenvalue weighted by atomic mass is 31.2. The van der Waals surface area contributed by atoms with Crippen LogP contribution in [0.4, 0.5) is 0 Å². The first-order chi connectivity index (χ1) is 18.3. The Morgan fingerprint density at radius 2 is 1.77 bits per heavy atom. The Morgan fingerprint density at radius 1 is 1.10 bits per heavy atom. The van der Waals surface area contributed by atoms with E-state index in [1.165, 1.54) is 23.8 Å². The number of likely N-dealkylation sites (tertiary alicyclic amines) is 1. The molecule has 1 heterocycles. The van der Waals surface area contributed by atoms with Gasteiger partial charge in [-0.2, -0.15) is 0 Å². The molecule has 0 spiro atoms. The SMILES string of the molecule is C/C(=C\C(=O)N[C@H](C(=O)N1CCC[C@H]1CCCCc1ccccc1)C(C)(C)C)c1ccc(OP(=O)(O)O)cc1. The molecular weight excluding hydrogens is 515 g/mol. The average molecular weight is 557 g/mol. The van der Waals surface area contributed by atoms with Gasteiger partial charge < -0.3 is 14.7 Å². The first-order valence-electron chi connectivity index (χ1n) is 13.5. The predicted octanol–water partition coefficient (Wildman–Crippen LogP) is 5.50. The Balaban J connectivity index is 1.61. The highest BCUT2D eigenvalue weighted by molar-refractivity contribution is 7.46. The van der Waals surface area contributed by atoms with Gasteiger partial charge in [-0.15, -0.1) is 0 Å². The minimum atomic E-state index is -4.64. The second kappa shape index (κ2) is 13.4. The van der Waals surface area contributed by atoms with Crippen LogP contribution in [0.3, 0.4) is 0 Å². The van der Waals surface area contributed by atoms with Gasteiger partial charge in [0.15, 0.2) is 0 Å². The van der Waals surface area contributed by atoms with Crippen LogP contribution in [0.5, 0.6) is 5.75 Å². The Hall–Kier alpha value is -2.93. The number of rotatable bonds is 11. The molecule has 2 aromatic rings. The summed E-state index contributed by atoms with van der Waals surface area (Å²) in [5.41, 5.74) is 2.20. The zero-order valence-corrected chi connectivity index (χ0v) is 24.2. The van der Waals surface area contributed by atoms with Crippen LogP contribution in [0.15, 0.2) is 60.7 Å². The van der Waals surface area contributed by atoms with Crippen molar-refractivity contribution in [1.29, 1.82) is 0 Å². The third kappa shape index (κ3) is 9.64. The fourth-order valence-corrected chi connectivity index (χ4v) is 5.37. The van der Waals surface area contributed by atoms with E-state index in [-0.39, 0.29) is 23.6 Å². The van der Waals surface area contributed by atoms with Crippen LogP contribution in [0, 0.1) is 5.41 Å². The zero-order chi connectivity index (χ0) is 28.6. The summed E-state index contributed by atoms with van der Waals surface area (Å²) in [6.45, 7) is 8.34. The van der Waals surface area contributed by atoms with E-state index >= 15 is 0 Å². The topological polar surface area (TPSA) is 116 Å². The number of hydrogen-bond acceptors (Lipinski definition) is 4. The predicted molar refractivity (Wildman–Crippen MR) is 153 cm³/mol. The Bertz CT molecular complexity index is 1180. The summed E-state index contributed by atoms with van der Waals surface area (Å²) < 4.78 is 15.6. The molecule has 1 aliphatic rings. The quantitative estimate of drug-likeness (QED) is 0.191. The highest BCUT2D eigenvalue weighted by Gasteiger charge is 2.39. The van der Waals surface area contributed by atoms with Gasteiger partial charge in [-0.05, 0) is 73.3 Å². The number of nitrogens with zero attached hydrogens (tertiary/aromatic N) is 1. The van der Waals surface area contributed by atoms with Crippen LogP contribution >= 0.6 is 7.82 Å². The van der Waals surface area contributed by atoms with Crippen LogP contribution in [0.2, 0.25) is 0 Å². The standard InChI is InChI=1S/C30H41N2O6P/c1-22(24-16-18-26(19-17-24)38-39(35,36)37)21-27(33)31-28(30(2,3)4)29(34)32-20-10-15-25(32)14-9-8-13-23-11-6-5-7-12-23/h5-7,11-12,16-19,21,25,28H,8-10,13-15,20H2,1-4H3,(H,31,33)(H2,35,36,37)/b22-21+/t25-,28-/m1/s1. The van der Waals surface area contributed by atoms with Gasteiger partial charge in [0.25, 0.3) is 0 Å². The highest BCUT2D eigenvalue weighted by Crippen LogP contribution is 2.37. The molecule has 39 heavy (non-hydrogen) atoms. The van der Waals surface area contributed by atoms with E-state index in [1.54, 1.807) is 19.1 Å². The van der Waals surface area contributed by atoms with Crippen molar-refractivity contribution in [3.63, 3.8) is 0 Å². The van der Waals surface area contributed by atoms with Gasteiger partial charge in [0.2, 0.25) is 11.8 Å². The number of carbonyl (C=O) groups is 2. The molecule has 0 aliphatic carbocycles. The van der Waals surface area contributed by atoms with E-state index < -0.39 is 19.3 Å². The summed E-state index contributed by atoms with van der Waals surface area (Å²) in [6, 6.07) is 16.1. The van der Waals surface area contributed by atoms with Gasteiger partial charge in [0.1, 0.15) is 11.8 Å². The summed E-state index contributed by atoms with van der Waals surface area (Å²) in [6.07, 6.45) is 7.53. The maximum absolute atomic E-state index is 13.7. The van der Waals surface area contributed by atoms with Crippen LogP contribution < -0.4 is 9.84 Å². The van der Waals surface area contributed by atoms with Gasteiger partial charge in [-0.3, -0.25) is 19.4 Å². The molecule has 2 amide bonds. The van der Waals surface area contributed by atoms with Crippen LogP contribution in [0.25, 0.3) is 5.57 Å². The molecule has 212 valence electrons. The molecule has 1 fully saturated rings. The summed E-state index contributed by atoms with van der Waals surface area (Å²) in [5.74, 6) is -0.371. The molecule has 3 rings (SSSR count). The van der Waals surface area contributed by atoms with Crippen molar-refractivity contribution in [2.45, 2.75) is 78.3 Å². The molecule has 0 aromatic heterocycles. The maximum atomic E-state index is 13.7. The second-order valence-corrected chi connectivity index (χ2v) is 12.5. The van der Waals surface area contributed by atoms with Gasteiger partial charge in [0, 0.05) is 18.7 Å². The minimum absolute atomic E-state index is 0.0305. The molecule has 8 nitrogen and oxygen atoms in total. The largest absolute Gasteiger partial charge is 0.524 e. The molecule has 0 bridgehead atoms. The first kappa shape index (κ1) is 30.6. The van der Waals surface area contributed by atoms with Crippen molar-refractivity contribution < 1.29 is 28.5 Å². The van der Waals surface area contributed by atoms with Gasteiger partial charge >= 0.3 is 7.82 Å². The molecule has 0 radical (unpaired) electrons.